The van der Waals surface area contributed by atoms with Crippen LogP contribution < -0.4 is 4.74 Å². The van der Waals surface area contributed by atoms with Gasteiger partial charge in [-0.2, -0.15) is 4.31 Å². The van der Waals surface area contributed by atoms with E-state index in [9.17, 15) is 13.2 Å². The van der Waals surface area contributed by atoms with Crippen molar-refractivity contribution >= 4 is 16.0 Å². The Bertz CT molecular complexity index is 1320. The van der Waals surface area contributed by atoms with Gasteiger partial charge in [0.15, 0.2) is 11.6 Å². The molecular formula is C26H28N2O5S. The normalized spacial score (nSPS) is 15.7. The van der Waals surface area contributed by atoms with E-state index >= 15 is 0 Å². The molecule has 2 aromatic carbocycles. The first-order chi connectivity index (χ1) is 16.2. The summed E-state index contributed by atoms with van der Waals surface area (Å²) < 4.78 is 33.8. The van der Waals surface area contributed by atoms with Crippen molar-refractivity contribution in [2.45, 2.75) is 44.2 Å². The molecule has 1 atom stereocenters. The van der Waals surface area contributed by atoms with Crippen LogP contribution in [-0.4, -0.2) is 42.4 Å². The number of aromatic nitrogens is 1. The molecule has 4 rings (SSSR count). The predicted molar refractivity (Wildman–Crippen MR) is 129 cm³/mol. The van der Waals surface area contributed by atoms with Crippen LogP contribution in [-0.2, 0) is 21.2 Å². The van der Waals surface area contributed by atoms with Gasteiger partial charge in [-0.05, 0) is 79.1 Å². The molecule has 178 valence electrons. The first kappa shape index (κ1) is 23.9. The number of ether oxygens (including phenoxy) is 1. The lowest BCUT2D eigenvalue weighted by Crippen LogP contribution is -2.34. The zero-order valence-corrected chi connectivity index (χ0v) is 20.3. The summed E-state index contributed by atoms with van der Waals surface area (Å²) in [6.07, 6.45) is 3.74. The minimum atomic E-state index is -3.85. The molecule has 7 nitrogen and oxygen atoms in total. The second-order valence-electron chi connectivity index (χ2n) is 8.57. The number of carboxylic acid groups (broad SMARTS) is 1. The fourth-order valence-electron chi connectivity index (χ4n) is 4.51. The number of rotatable bonds is 7. The highest BCUT2D eigenvalue weighted by Gasteiger charge is 2.34. The Labute approximate surface area is 200 Å². The topological polar surface area (TPSA) is 96.8 Å². The van der Waals surface area contributed by atoms with E-state index in [4.69, 9.17) is 9.84 Å². The standard InChI is InChI=1S/C26H28N2O5S/c1-17-7-4-8-20(18(17)2)19-13-14-25(27-15-19)34(31,32)28(3)23-11-5-10-22-21(23)9-6-12-24(22)33-16-26(29)30/h4,6-9,12-15,23H,5,10-11,16H2,1-3H3,(H,29,30)/t23-/m1/s1. The zero-order valence-electron chi connectivity index (χ0n) is 19.5. The zero-order chi connectivity index (χ0) is 24.5. The van der Waals surface area contributed by atoms with Gasteiger partial charge in [-0.1, -0.05) is 30.3 Å². The number of aliphatic carboxylic acids is 1. The number of carbonyl (C=O) groups is 1. The van der Waals surface area contributed by atoms with Gasteiger partial charge in [0.25, 0.3) is 10.0 Å². The van der Waals surface area contributed by atoms with Crippen LogP contribution in [0.2, 0.25) is 0 Å². The van der Waals surface area contributed by atoms with Crippen molar-refractivity contribution in [1.29, 1.82) is 0 Å². The maximum absolute atomic E-state index is 13.5. The summed E-state index contributed by atoms with van der Waals surface area (Å²) in [6.45, 7) is 3.64. The Morgan fingerprint density at radius 2 is 1.91 bits per heavy atom. The highest BCUT2D eigenvalue weighted by Crippen LogP contribution is 2.40. The number of hydrogen-bond donors (Lipinski definition) is 1. The Kier molecular flexibility index (Phi) is 6.72. The third-order valence-corrected chi connectivity index (χ3v) is 8.30. The number of aryl methyl sites for hydroxylation is 1. The molecule has 0 radical (unpaired) electrons. The third kappa shape index (κ3) is 4.56. The molecule has 1 aliphatic carbocycles. The summed E-state index contributed by atoms with van der Waals surface area (Å²) in [7, 11) is -2.28. The number of fused-ring (bicyclic) bond motifs is 1. The van der Waals surface area contributed by atoms with Crippen LogP contribution in [0.5, 0.6) is 5.75 Å². The van der Waals surface area contributed by atoms with Crippen molar-refractivity contribution in [1.82, 2.24) is 9.29 Å². The maximum atomic E-state index is 13.5. The van der Waals surface area contributed by atoms with Crippen molar-refractivity contribution in [3.8, 4) is 16.9 Å². The fourth-order valence-corrected chi connectivity index (χ4v) is 5.79. The molecule has 0 bridgehead atoms. The van der Waals surface area contributed by atoms with Crippen LogP contribution in [0.15, 0.2) is 59.8 Å². The van der Waals surface area contributed by atoms with Gasteiger partial charge in [-0.3, -0.25) is 0 Å². The van der Waals surface area contributed by atoms with Crippen LogP contribution in [0, 0.1) is 13.8 Å². The van der Waals surface area contributed by atoms with Gasteiger partial charge < -0.3 is 9.84 Å². The SMILES string of the molecule is Cc1cccc(-c2ccc(S(=O)(=O)N(C)[C@@H]3CCCc4c(OCC(=O)O)cccc43)nc2)c1C. The molecule has 1 aromatic heterocycles. The third-order valence-electron chi connectivity index (χ3n) is 6.52. The lowest BCUT2D eigenvalue weighted by molar-refractivity contribution is -0.139. The number of pyridine rings is 1. The predicted octanol–water partition coefficient (Wildman–Crippen LogP) is 4.53. The summed E-state index contributed by atoms with van der Waals surface area (Å²) in [4.78, 5) is 15.2. The summed E-state index contributed by atoms with van der Waals surface area (Å²) in [5, 5.41) is 8.95. The van der Waals surface area contributed by atoms with E-state index in [1.807, 2.05) is 38.1 Å². The number of carboxylic acids is 1. The van der Waals surface area contributed by atoms with E-state index in [0.717, 1.165) is 39.8 Å². The molecule has 0 saturated heterocycles. The summed E-state index contributed by atoms with van der Waals surface area (Å²) in [5.41, 5.74) is 5.90. The molecule has 1 N–H and O–H groups in total. The minimum absolute atomic E-state index is 0.00513. The van der Waals surface area contributed by atoms with Gasteiger partial charge in [0.2, 0.25) is 0 Å². The van der Waals surface area contributed by atoms with Crippen molar-refractivity contribution in [3.63, 3.8) is 0 Å². The van der Waals surface area contributed by atoms with Crippen molar-refractivity contribution in [3.05, 3.63) is 77.0 Å². The molecule has 8 heteroatoms. The highest BCUT2D eigenvalue weighted by atomic mass is 32.2. The second-order valence-corrected chi connectivity index (χ2v) is 10.5. The molecule has 1 aliphatic rings. The van der Waals surface area contributed by atoms with E-state index in [0.29, 0.717) is 18.6 Å². The largest absolute Gasteiger partial charge is 0.482 e. The average Bonchev–Trinajstić information content (AvgIpc) is 2.83. The first-order valence-electron chi connectivity index (χ1n) is 11.2. The van der Waals surface area contributed by atoms with E-state index in [1.165, 1.54) is 4.31 Å². The molecule has 0 saturated carbocycles. The van der Waals surface area contributed by atoms with Crippen molar-refractivity contribution in [2.75, 3.05) is 13.7 Å². The molecule has 0 aliphatic heterocycles. The average molecular weight is 481 g/mol. The first-order valence-corrected chi connectivity index (χ1v) is 12.6. The Balaban J connectivity index is 1.62. The summed E-state index contributed by atoms with van der Waals surface area (Å²) in [6, 6.07) is 14.4. The molecule has 0 unspecified atom stereocenters. The van der Waals surface area contributed by atoms with Crippen LogP contribution in [0.3, 0.4) is 0 Å². The second kappa shape index (κ2) is 9.56. The van der Waals surface area contributed by atoms with Crippen LogP contribution in [0.25, 0.3) is 11.1 Å². The van der Waals surface area contributed by atoms with Crippen LogP contribution in [0.4, 0.5) is 0 Å². The van der Waals surface area contributed by atoms with E-state index in [2.05, 4.69) is 4.98 Å². The van der Waals surface area contributed by atoms with Gasteiger partial charge >= 0.3 is 5.97 Å². The Hall–Kier alpha value is -3.23. The number of benzene rings is 2. The Morgan fingerprint density at radius 1 is 1.15 bits per heavy atom. The van der Waals surface area contributed by atoms with Gasteiger partial charge in [-0.25, -0.2) is 18.2 Å². The fraction of sp³-hybridized carbons (Fsp3) is 0.308. The number of sulfonamides is 1. The molecule has 34 heavy (non-hydrogen) atoms. The molecule has 0 spiro atoms. The van der Waals surface area contributed by atoms with Gasteiger partial charge in [0.05, 0.1) is 6.04 Å². The lowest BCUT2D eigenvalue weighted by atomic mass is 9.87. The molecule has 3 aromatic rings. The van der Waals surface area contributed by atoms with Crippen LogP contribution in [0.1, 0.15) is 41.1 Å². The number of hydrogen-bond acceptors (Lipinski definition) is 5. The summed E-state index contributed by atoms with van der Waals surface area (Å²) in [5.74, 6) is -0.563. The van der Waals surface area contributed by atoms with E-state index in [1.54, 1.807) is 37.5 Å². The van der Waals surface area contributed by atoms with Gasteiger partial charge in [0.1, 0.15) is 5.75 Å². The maximum Gasteiger partial charge on any atom is 0.341 e. The minimum Gasteiger partial charge on any atom is -0.482 e. The smallest absolute Gasteiger partial charge is 0.341 e. The molecule has 0 fully saturated rings. The lowest BCUT2D eigenvalue weighted by Gasteiger charge is -2.33. The van der Waals surface area contributed by atoms with Gasteiger partial charge in [0, 0.05) is 18.8 Å². The van der Waals surface area contributed by atoms with E-state index in [-0.39, 0.29) is 11.1 Å². The van der Waals surface area contributed by atoms with E-state index < -0.39 is 22.6 Å². The quantitative estimate of drug-likeness (QED) is 0.534. The highest BCUT2D eigenvalue weighted by molar-refractivity contribution is 7.89. The summed E-state index contributed by atoms with van der Waals surface area (Å²) >= 11 is 0. The van der Waals surface area contributed by atoms with Gasteiger partial charge in [-0.15, -0.1) is 0 Å². The number of nitrogens with zero attached hydrogens (tertiary/aromatic N) is 2. The Morgan fingerprint density at radius 3 is 2.62 bits per heavy atom. The monoisotopic (exact) mass is 480 g/mol. The van der Waals surface area contributed by atoms with Crippen molar-refractivity contribution < 1.29 is 23.1 Å². The molecular weight excluding hydrogens is 452 g/mol. The molecule has 1 heterocycles. The molecule has 0 amide bonds. The van der Waals surface area contributed by atoms with Crippen LogP contribution >= 0.6 is 0 Å². The van der Waals surface area contributed by atoms with Crippen molar-refractivity contribution in [2.24, 2.45) is 0 Å².